The number of anilines is 1. The smallest absolute Gasteiger partial charge is 0.128 e. The summed E-state index contributed by atoms with van der Waals surface area (Å²) in [5, 5.41) is 9.90. The molecule has 4 nitrogen and oxygen atoms in total. The van der Waals surface area contributed by atoms with E-state index in [4.69, 9.17) is 0 Å². The van der Waals surface area contributed by atoms with Crippen molar-refractivity contribution in [1.82, 2.24) is 9.88 Å². The Morgan fingerprint density at radius 1 is 1.32 bits per heavy atom. The first-order valence-corrected chi connectivity index (χ1v) is 6.97. The molecular weight excluding hydrogens is 238 g/mol. The average molecular weight is 261 g/mol. The highest BCUT2D eigenvalue weighted by atomic mass is 16.3. The number of nitrogens with zero attached hydrogens (tertiary/aromatic N) is 3. The van der Waals surface area contributed by atoms with E-state index in [0.29, 0.717) is 0 Å². The van der Waals surface area contributed by atoms with Crippen molar-refractivity contribution in [3.05, 3.63) is 37.1 Å². The fourth-order valence-corrected chi connectivity index (χ4v) is 2.40. The van der Waals surface area contributed by atoms with Gasteiger partial charge in [-0.25, -0.2) is 4.98 Å². The number of pyridine rings is 1. The number of piperazine rings is 1. The summed E-state index contributed by atoms with van der Waals surface area (Å²) in [6.07, 6.45) is 5.15. The molecule has 0 aliphatic carbocycles. The molecule has 0 amide bonds. The van der Waals surface area contributed by atoms with Gasteiger partial charge in [0.1, 0.15) is 5.82 Å². The monoisotopic (exact) mass is 261 g/mol. The van der Waals surface area contributed by atoms with Crippen LogP contribution in [0, 0.1) is 0 Å². The van der Waals surface area contributed by atoms with E-state index >= 15 is 0 Å². The lowest BCUT2D eigenvalue weighted by molar-refractivity contribution is 0.103. The van der Waals surface area contributed by atoms with E-state index in [-0.39, 0.29) is 6.10 Å². The zero-order valence-corrected chi connectivity index (χ0v) is 11.4. The van der Waals surface area contributed by atoms with Crippen molar-refractivity contribution in [2.24, 2.45) is 0 Å². The van der Waals surface area contributed by atoms with Gasteiger partial charge in [-0.2, -0.15) is 0 Å². The number of allylic oxidation sites excluding steroid dienone is 1. The van der Waals surface area contributed by atoms with Crippen LogP contribution in [0.3, 0.4) is 0 Å². The van der Waals surface area contributed by atoms with Crippen LogP contribution in [0.15, 0.2) is 37.1 Å². The topological polar surface area (TPSA) is 39.6 Å². The quantitative estimate of drug-likeness (QED) is 0.788. The standard InChI is InChI=1S/C15H23N3O/c1-2-3-6-14(19)13-17-9-11-18(12-10-17)15-7-4-5-8-16-15/h2,4-5,7-8,14,19H,1,3,6,9-13H2. The van der Waals surface area contributed by atoms with E-state index < -0.39 is 0 Å². The second-order valence-corrected chi connectivity index (χ2v) is 5.00. The molecule has 1 aromatic rings. The SMILES string of the molecule is C=CCCC(O)CN1CCN(c2ccccn2)CC1. The maximum atomic E-state index is 9.90. The predicted molar refractivity (Wildman–Crippen MR) is 78.3 cm³/mol. The van der Waals surface area contributed by atoms with Crippen LogP contribution in [0.5, 0.6) is 0 Å². The molecule has 1 aliphatic rings. The molecule has 1 unspecified atom stereocenters. The van der Waals surface area contributed by atoms with Gasteiger partial charge in [-0.05, 0) is 25.0 Å². The lowest BCUT2D eigenvalue weighted by Gasteiger charge is -2.36. The molecule has 0 saturated carbocycles. The molecule has 0 bridgehead atoms. The highest BCUT2D eigenvalue weighted by molar-refractivity contribution is 5.38. The maximum Gasteiger partial charge on any atom is 0.128 e. The second kappa shape index (κ2) is 7.26. The van der Waals surface area contributed by atoms with Crippen molar-refractivity contribution >= 4 is 5.82 Å². The highest BCUT2D eigenvalue weighted by Crippen LogP contribution is 2.13. The Balaban J connectivity index is 1.75. The maximum absolute atomic E-state index is 9.90. The number of aliphatic hydroxyl groups excluding tert-OH is 1. The van der Waals surface area contributed by atoms with Crippen LogP contribution in [0.1, 0.15) is 12.8 Å². The number of hydrogen-bond donors (Lipinski definition) is 1. The number of β-amino-alcohol motifs (C(OH)–C–C–N with tert-alkyl or cyclic N) is 1. The van der Waals surface area contributed by atoms with Gasteiger partial charge in [-0.15, -0.1) is 6.58 Å². The third-order valence-corrected chi connectivity index (χ3v) is 3.52. The molecule has 2 rings (SSSR count). The summed E-state index contributed by atoms with van der Waals surface area (Å²) in [5.41, 5.74) is 0. The molecule has 0 spiro atoms. The van der Waals surface area contributed by atoms with Gasteiger partial charge in [-0.1, -0.05) is 12.1 Å². The summed E-state index contributed by atoms with van der Waals surface area (Å²) >= 11 is 0. The Morgan fingerprint density at radius 3 is 2.74 bits per heavy atom. The second-order valence-electron chi connectivity index (χ2n) is 5.00. The minimum absolute atomic E-state index is 0.237. The van der Waals surface area contributed by atoms with Crippen LogP contribution >= 0.6 is 0 Å². The number of rotatable bonds is 6. The van der Waals surface area contributed by atoms with E-state index in [1.54, 1.807) is 0 Å². The largest absolute Gasteiger partial charge is 0.392 e. The Kier molecular flexibility index (Phi) is 5.36. The lowest BCUT2D eigenvalue weighted by Crippen LogP contribution is -2.48. The molecule has 1 aromatic heterocycles. The van der Waals surface area contributed by atoms with Crippen molar-refractivity contribution in [2.75, 3.05) is 37.6 Å². The van der Waals surface area contributed by atoms with Gasteiger partial charge < -0.3 is 10.0 Å². The zero-order chi connectivity index (χ0) is 13.5. The van der Waals surface area contributed by atoms with Gasteiger partial charge in [0.05, 0.1) is 6.10 Å². The molecule has 1 aliphatic heterocycles. The van der Waals surface area contributed by atoms with E-state index in [9.17, 15) is 5.11 Å². The number of aromatic nitrogens is 1. The zero-order valence-electron chi connectivity index (χ0n) is 11.4. The molecule has 1 fully saturated rings. The third-order valence-electron chi connectivity index (χ3n) is 3.52. The predicted octanol–water partition coefficient (Wildman–Crippen LogP) is 1.53. The summed E-state index contributed by atoms with van der Waals surface area (Å²) in [6.45, 7) is 8.38. The first-order chi connectivity index (χ1) is 9.29. The van der Waals surface area contributed by atoms with Crippen LogP contribution in [0.2, 0.25) is 0 Å². The summed E-state index contributed by atoms with van der Waals surface area (Å²) in [5.74, 6) is 1.05. The summed E-state index contributed by atoms with van der Waals surface area (Å²) in [6, 6.07) is 6.01. The van der Waals surface area contributed by atoms with Crippen LogP contribution in [0.4, 0.5) is 5.82 Å². The molecular formula is C15H23N3O. The van der Waals surface area contributed by atoms with E-state index in [0.717, 1.165) is 51.4 Å². The minimum Gasteiger partial charge on any atom is -0.392 e. The summed E-state index contributed by atoms with van der Waals surface area (Å²) in [4.78, 5) is 9.00. The highest BCUT2D eigenvalue weighted by Gasteiger charge is 2.19. The third kappa shape index (κ3) is 4.33. The van der Waals surface area contributed by atoms with Crippen molar-refractivity contribution in [1.29, 1.82) is 0 Å². The Hall–Kier alpha value is -1.39. The van der Waals surface area contributed by atoms with Crippen molar-refractivity contribution in [2.45, 2.75) is 18.9 Å². The molecule has 1 atom stereocenters. The molecule has 1 saturated heterocycles. The van der Waals surface area contributed by atoms with Gasteiger partial charge in [0.2, 0.25) is 0 Å². The van der Waals surface area contributed by atoms with E-state index in [2.05, 4.69) is 27.4 Å². The number of hydrogen-bond acceptors (Lipinski definition) is 4. The number of aliphatic hydroxyl groups is 1. The van der Waals surface area contributed by atoms with Crippen molar-refractivity contribution < 1.29 is 5.11 Å². The van der Waals surface area contributed by atoms with Gasteiger partial charge in [0, 0.05) is 38.9 Å². The molecule has 0 aromatic carbocycles. The van der Waals surface area contributed by atoms with Crippen LogP contribution in [0.25, 0.3) is 0 Å². The molecule has 4 heteroatoms. The van der Waals surface area contributed by atoms with Gasteiger partial charge in [-0.3, -0.25) is 4.90 Å². The van der Waals surface area contributed by atoms with Crippen molar-refractivity contribution in [3.8, 4) is 0 Å². The fraction of sp³-hybridized carbons (Fsp3) is 0.533. The fourth-order valence-electron chi connectivity index (χ4n) is 2.40. The molecule has 0 radical (unpaired) electrons. The van der Waals surface area contributed by atoms with Gasteiger partial charge in [0.15, 0.2) is 0 Å². The Bertz CT molecular complexity index is 374. The van der Waals surface area contributed by atoms with Gasteiger partial charge >= 0.3 is 0 Å². The summed E-state index contributed by atoms with van der Waals surface area (Å²) < 4.78 is 0. The lowest BCUT2D eigenvalue weighted by atomic mass is 10.1. The van der Waals surface area contributed by atoms with E-state index in [1.165, 1.54) is 0 Å². The van der Waals surface area contributed by atoms with Crippen LogP contribution in [-0.2, 0) is 0 Å². The van der Waals surface area contributed by atoms with Crippen LogP contribution < -0.4 is 4.90 Å². The molecule has 1 N–H and O–H groups in total. The van der Waals surface area contributed by atoms with Crippen molar-refractivity contribution in [3.63, 3.8) is 0 Å². The molecule has 104 valence electrons. The Labute approximate surface area is 115 Å². The first kappa shape index (κ1) is 14.0. The summed E-state index contributed by atoms with van der Waals surface area (Å²) in [7, 11) is 0. The minimum atomic E-state index is -0.237. The Morgan fingerprint density at radius 2 is 2.11 bits per heavy atom. The first-order valence-electron chi connectivity index (χ1n) is 6.97. The molecule has 2 heterocycles. The van der Waals surface area contributed by atoms with Gasteiger partial charge in [0.25, 0.3) is 0 Å². The van der Waals surface area contributed by atoms with E-state index in [1.807, 2.05) is 24.4 Å². The normalized spacial score (nSPS) is 18.3. The molecule has 19 heavy (non-hydrogen) atoms. The average Bonchev–Trinajstić information content (AvgIpc) is 2.47. The van der Waals surface area contributed by atoms with Crippen LogP contribution in [-0.4, -0.2) is 53.8 Å².